The molecule has 0 saturated heterocycles. The van der Waals surface area contributed by atoms with E-state index in [2.05, 4.69) is 26.9 Å². The summed E-state index contributed by atoms with van der Waals surface area (Å²) in [4.78, 5) is 0. The van der Waals surface area contributed by atoms with Gasteiger partial charge in [-0.05, 0) is 13.3 Å². The van der Waals surface area contributed by atoms with Gasteiger partial charge in [-0.3, -0.25) is 0 Å². The summed E-state index contributed by atoms with van der Waals surface area (Å²) in [5, 5.41) is 0. The molecule has 0 aliphatic heterocycles. The van der Waals surface area contributed by atoms with Crippen molar-refractivity contribution in [3.05, 3.63) is 0 Å². The van der Waals surface area contributed by atoms with Crippen LogP contribution in [0.1, 0.15) is 20.3 Å². The summed E-state index contributed by atoms with van der Waals surface area (Å²) in [5.74, 6) is 0. The quantitative estimate of drug-likeness (QED) is 0.719. The fourth-order valence-electron chi connectivity index (χ4n) is 0.996. The van der Waals surface area contributed by atoms with E-state index in [9.17, 15) is 0 Å². The molecule has 88 valence electrons. The van der Waals surface area contributed by atoms with E-state index >= 15 is 0 Å². The zero-order valence-corrected chi connectivity index (χ0v) is 14.1. The Morgan fingerprint density at radius 1 is 1.00 bits per heavy atom. The van der Waals surface area contributed by atoms with Crippen molar-refractivity contribution >= 4 is 62.8 Å². The highest BCUT2D eigenvalue weighted by molar-refractivity contribution is 7.59. The minimum atomic E-state index is -0.525. The third kappa shape index (κ3) is 16.3. The molecule has 0 bridgehead atoms. The van der Waals surface area contributed by atoms with E-state index in [0.29, 0.717) is 5.73 Å². The second-order valence-corrected chi connectivity index (χ2v) is 5.88. The van der Waals surface area contributed by atoms with Gasteiger partial charge in [0.2, 0.25) is 0 Å². The first kappa shape index (κ1) is 29.3. The Morgan fingerprint density at radius 2 is 1.38 bits per heavy atom. The molecule has 0 fully saturated rings. The van der Waals surface area contributed by atoms with Gasteiger partial charge in [0.25, 0.3) is 0 Å². The first-order valence-electron chi connectivity index (χ1n) is 3.83. The number of ether oxygens (including phenoxy) is 1. The molecular weight excluding hydrogens is 256 g/mol. The maximum absolute atomic E-state index is 5.51. The highest BCUT2D eigenvalue weighted by Gasteiger charge is 2.10. The third-order valence-corrected chi connectivity index (χ3v) is 3.68. The standard InChI is InChI=1S/C7H18OSi.4H2S/c1-5-7(8-6-2)9(3)4;;;;/h7,9H,5-6H2,1-4H3;4*1H2. The third-order valence-electron chi connectivity index (χ3n) is 1.53. The lowest BCUT2D eigenvalue weighted by Crippen LogP contribution is -2.26. The molecule has 1 nitrogen and oxygen atoms in total. The predicted molar refractivity (Wildman–Crippen MR) is 86.1 cm³/mol. The Bertz CT molecular complexity index is 75.5. The van der Waals surface area contributed by atoms with Crippen LogP contribution in [0.25, 0.3) is 0 Å². The number of hydrogen-bond donors (Lipinski definition) is 0. The molecular formula is C7H26OS4Si. The molecule has 6 heteroatoms. The Hall–Kier alpha value is 1.58. The number of rotatable bonds is 4. The average molecular weight is 283 g/mol. The summed E-state index contributed by atoms with van der Waals surface area (Å²) in [5.41, 5.74) is 0.606. The Labute approximate surface area is 113 Å². The van der Waals surface area contributed by atoms with E-state index < -0.39 is 8.80 Å². The van der Waals surface area contributed by atoms with Crippen LogP contribution in [-0.2, 0) is 4.74 Å². The maximum Gasteiger partial charge on any atom is 0.0655 e. The van der Waals surface area contributed by atoms with Crippen LogP contribution < -0.4 is 0 Å². The summed E-state index contributed by atoms with van der Waals surface area (Å²) in [6.07, 6.45) is 1.19. The zero-order valence-electron chi connectivity index (χ0n) is 8.98. The van der Waals surface area contributed by atoms with Crippen LogP contribution in [0.2, 0.25) is 13.1 Å². The SMILES string of the molecule is CCOC(CC)[SiH](C)C.S.S.S.S. The van der Waals surface area contributed by atoms with Crippen LogP contribution in [0.3, 0.4) is 0 Å². The predicted octanol–water partition coefficient (Wildman–Crippen LogP) is 2.28. The van der Waals surface area contributed by atoms with Crippen LogP contribution >= 0.6 is 54.0 Å². The average Bonchev–Trinajstić information content (AvgIpc) is 1.82. The fraction of sp³-hybridized carbons (Fsp3) is 1.00. The Morgan fingerprint density at radius 3 is 1.46 bits per heavy atom. The van der Waals surface area contributed by atoms with E-state index in [1.54, 1.807) is 0 Å². The number of hydrogen-bond acceptors (Lipinski definition) is 1. The lowest BCUT2D eigenvalue weighted by Gasteiger charge is -2.17. The Kier molecular flexibility index (Phi) is 43.3. The molecule has 1 unspecified atom stereocenters. The molecule has 0 aromatic heterocycles. The molecule has 0 aromatic carbocycles. The summed E-state index contributed by atoms with van der Waals surface area (Å²) >= 11 is 0. The minimum absolute atomic E-state index is 0. The Balaban J connectivity index is -0.0000000533. The molecule has 0 aliphatic rings. The van der Waals surface area contributed by atoms with Gasteiger partial charge in [0.05, 0.1) is 8.80 Å². The van der Waals surface area contributed by atoms with Crippen molar-refractivity contribution in [2.24, 2.45) is 0 Å². The zero-order chi connectivity index (χ0) is 7.28. The van der Waals surface area contributed by atoms with Crippen LogP contribution in [0.4, 0.5) is 0 Å². The van der Waals surface area contributed by atoms with Gasteiger partial charge >= 0.3 is 0 Å². The van der Waals surface area contributed by atoms with Crippen LogP contribution in [0.5, 0.6) is 0 Å². The van der Waals surface area contributed by atoms with E-state index in [0.717, 1.165) is 6.61 Å². The molecule has 0 saturated carbocycles. The van der Waals surface area contributed by atoms with Crippen LogP contribution in [0.15, 0.2) is 0 Å². The molecule has 0 radical (unpaired) electrons. The summed E-state index contributed by atoms with van der Waals surface area (Å²) in [6, 6.07) is 0. The monoisotopic (exact) mass is 282 g/mol. The lowest BCUT2D eigenvalue weighted by molar-refractivity contribution is 0.112. The maximum atomic E-state index is 5.51. The topological polar surface area (TPSA) is 9.23 Å². The van der Waals surface area contributed by atoms with Crippen LogP contribution in [0, 0.1) is 0 Å². The molecule has 0 aliphatic carbocycles. The van der Waals surface area contributed by atoms with Crippen molar-refractivity contribution in [1.82, 2.24) is 0 Å². The van der Waals surface area contributed by atoms with Crippen molar-refractivity contribution in [3.63, 3.8) is 0 Å². The van der Waals surface area contributed by atoms with E-state index in [1.165, 1.54) is 6.42 Å². The molecule has 13 heavy (non-hydrogen) atoms. The molecule has 0 heterocycles. The molecule has 0 rings (SSSR count). The summed E-state index contributed by atoms with van der Waals surface area (Å²) in [7, 11) is -0.525. The van der Waals surface area contributed by atoms with Crippen molar-refractivity contribution in [3.8, 4) is 0 Å². The minimum Gasteiger partial charge on any atom is -0.382 e. The van der Waals surface area contributed by atoms with Crippen molar-refractivity contribution in [2.75, 3.05) is 6.61 Å². The van der Waals surface area contributed by atoms with E-state index in [-0.39, 0.29) is 54.0 Å². The van der Waals surface area contributed by atoms with E-state index in [4.69, 9.17) is 4.74 Å². The van der Waals surface area contributed by atoms with Gasteiger partial charge in [0.1, 0.15) is 0 Å². The smallest absolute Gasteiger partial charge is 0.0655 e. The second kappa shape index (κ2) is 19.2. The second-order valence-electron chi connectivity index (χ2n) is 2.65. The highest BCUT2D eigenvalue weighted by Crippen LogP contribution is 2.01. The van der Waals surface area contributed by atoms with Gasteiger partial charge in [-0.1, -0.05) is 20.0 Å². The molecule has 0 N–H and O–H groups in total. The molecule has 1 atom stereocenters. The largest absolute Gasteiger partial charge is 0.382 e. The highest BCUT2D eigenvalue weighted by atomic mass is 32.1. The van der Waals surface area contributed by atoms with Gasteiger partial charge in [0.15, 0.2) is 0 Å². The van der Waals surface area contributed by atoms with Gasteiger partial charge < -0.3 is 4.74 Å². The van der Waals surface area contributed by atoms with Crippen LogP contribution in [-0.4, -0.2) is 21.1 Å². The van der Waals surface area contributed by atoms with Crippen molar-refractivity contribution in [1.29, 1.82) is 0 Å². The fourth-order valence-corrected chi connectivity index (χ4v) is 2.52. The summed E-state index contributed by atoms with van der Waals surface area (Å²) in [6.45, 7) is 9.82. The van der Waals surface area contributed by atoms with Gasteiger partial charge in [-0.25, -0.2) is 0 Å². The van der Waals surface area contributed by atoms with Gasteiger partial charge in [0, 0.05) is 12.3 Å². The van der Waals surface area contributed by atoms with Crippen molar-refractivity contribution < 1.29 is 4.74 Å². The lowest BCUT2D eigenvalue weighted by atomic mass is 10.5. The normalized spacial score (nSPS) is 9.92. The summed E-state index contributed by atoms with van der Waals surface area (Å²) < 4.78 is 5.51. The molecule has 0 spiro atoms. The van der Waals surface area contributed by atoms with Crippen molar-refractivity contribution in [2.45, 2.75) is 39.1 Å². The first-order chi connectivity index (χ1) is 4.22. The van der Waals surface area contributed by atoms with Gasteiger partial charge in [-0.2, -0.15) is 54.0 Å². The van der Waals surface area contributed by atoms with E-state index in [1.807, 2.05) is 0 Å². The molecule has 0 aromatic rings. The first-order valence-corrected chi connectivity index (χ1v) is 6.81. The molecule has 0 amide bonds. The van der Waals surface area contributed by atoms with Gasteiger partial charge in [-0.15, -0.1) is 0 Å².